The molecule has 1 heterocycles. The normalized spacial score (nSPS) is 11.4. The Balaban J connectivity index is 2.13. The molecule has 4 aromatic carbocycles. The van der Waals surface area contributed by atoms with Crippen LogP contribution in [0.1, 0.15) is 20.7 Å². The van der Waals surface area contributed by atoms with Gasteiger partial charge in [-0.2, -0.15) is 0 Å². The first kappa shape index (κ1) is 17.3. The number of hydrogen-bond acceptors (Lipinski definition) is 4. The minimum Gasteiger partial charge on any atom is -0.465 e. The number of aromatic amines is 1. The van der Waals surface area contributed by atoms with E-state index in [-0.39, 0.29) is 0 Å². The van der Waals surface area contributed by atoms with Crippen molar-refractivity contribution in [1.29, 1.82) is 0 Å². The van der Waals surface area contributed by atoms with Crippen molar-refractivity contribution in [3.63, 3.8) is 0 Å². The number of methoxy groups -OCH3 is 2. The van der Waals surface area contributed by atoms with Crippen LogP contribution in [0.25, 0.3) is 43.4 Å². The number of carbonyl (C=O) groups is 2. The molecule has 0 amide bonds. The average Bonchev–Trinajstić information content (AvgIpc) is 3.18. The number of esters is 2. The van der Waals surface area contributed by atoms with Crippen molar-refractivity contribution < 1.29 is 19.1 Å². The van der Waals surface area contributed by atoms with Gasteiger partial charge < -0.3 is 14.5 Å². The Hall–Kier alpha value is -3.86. The topological polar surface area (TPSA) is 68.4 Å². The zero-order chi connectivity index (χ0) is 20.1. The highest BCUT2D eigenvalue weighted by molar-refractivity contribution is 6.32. The van der Waals surface area contributed by atoms with E-state index in [0.717, 1.165) is 32.3 Å². The molecule has 0 aliphatic rings. The molecule has 0 atom stereocenters. The Labute approximate surface area is 165 Å². The lowest BCUT2D eigenvalue weighted by Gasteiger charge is -2.08. The molecule has 142 valence electrons. The first-order chi connectivity index (χ1) is 14.1. The summed E-state index contributed by atoms with van der Waals surface area (Å²) in [4.78, 5) is 28.4. The van der Waals surface area contributed by atoms with Gasteiger partial charge in [-0.05, 0) is 33.7 Å². The Morgan fingerprint density at radius 2 is 1.10 bits per heavy atom. The monoisotopic (exact) mass is 383 g/mol. The second kappa shape index (κ2) is 6.34. The summed E-state index contributed by atoms with van der Waals surface area (Å²) in [6, 6.07) is 19.4. The third-order valence-electron chi connectivity index (χ3n) is 5.41. The van der Waals surface area contributed by atoms with E-state index in [1.54, 1.807) is 0 Å². The summed E-state index contributed by atoms with van der Waals surface area (Å²) in [7, 11) is 2.72. The Bertz CT molecular complexity index is 1350. The Morgan fingerprint density at radius 3 is 1.52 bits per heavy atom. The fraction of sp³-hybridized carbons (Fsp3) is 0.0833. The number of carbonyl (C=O) groups excluding carboxylic acids is 2. The summed E-state index contributed by atoms with van der Waals surface area (Å²) in [5.74, 6) is -0.868. The van der Waals surface area contributed by atoms with Gasteiger partial charge in [-0.1, -0.05) is 48.5 Å². The quantitative estimate of drug-likeness (QED) is 0.425. The third kappa shape index (κ3) is 2.41. The van der Waals surface area contributed by atoms with Crippen molar-refractivity contribution >= 4 is 55.3 Å². The molecule has 0 unspecified atom stereocenters. The van der Waals surface area contributed by atoms with E-state index in [2.05, 4.69) is 4.98 Å². The average molecular weight is 383 g/mol. The molecular weight excluding hydrogens is 366 g/mol. The van der Waals surface area contributed by atoms with Gasteiger partial charge in [-0.15, -0.1) is 0 Å². The van der Waals surface area contributed by atoms with Crippen LogP contribution in [0.2, 0.25) is 0 Å². The summed E-state index contributed by atoms with van der Waals surface area (Å²) in [6.45, 7) is 0. The molecule has 0 radical (unpaired) electrons. The van der Waals surface area contributed by atoms with Crippen LogP contribution in [0.15, 0.2) is 60.7 Å². The summed E-state index contributed by atoms with van der Waals surface area (Å²) in [5, 5.41) is 5.62. The SMILES string of the molecule is COC(=O)c1cc2ccccc2c2c1[nH]c1c(C(=O)OC)cc3ccccc3c12. The first-order valence-corrected chi connectivity index (χ1v) is 9.19. The summed E-state index contributed by atoms with van der Waals surface area (Å²) in [6.07, 6.45) is 0. The molecule has 0 aliphatic carbocycles. The van der Waals surface area contributed by atoms with E-state index in [1.807, 2.05) is 60.7 Å². The molecular formula is C24H17NO4. The molecule has 0 saturated carbocycles. The van der Waals surface area contributed by atoms with Gasteiger partial charge in [-0.25, -0.2) is 9.59 Å². The van der Waals surface area contributed by atoms with E-state index in [1.165, 1.54) is 14.2 Å². The van der Waals surface area contributed by atoms with E-state index < -0.39 is 11.9 Å². The predicted molar refractivity (Wildman–Crippen MR) is 113 cm³/mol. The number of fused-ring (bicyclic) bond motifs is 7. The van der Waals surface area contributed by atoms with E-state index in [0.29, 0.717) is 22.2 Å². The Kier molecular flexibility index (Phi) is 3.77. The van der Waals surface area contributed by atoms with E-state index in [9.17, 15) is 9.59 Å². The van der Waals surface area contributed by atoms with Crippen LogP contribution in [-0.2, 0) is 9.47 Å². The van der Waals surface area contributed by atoms with Gasteiger partial charge in [0.2, 0.25) is 0 Å². The standard InChI is InChI=1S/C24H17NO4/c1-28-23(26)17-11-13-7-3-5-9-15(13)19-20-16-10-6-4-8-14(16)12-18(24(27)29-2)22(20)25-21(17)19/h3-12,25H,1-2H3. The molecule has 5 heteroatoms. The number of nitrogens with one attached hydrogen (secondary N) is 1. The van der Waals surface area contributed by atoms with Crippen LogP contribution in [0.3, 0.4) is 0 Å². The van der Waals surface area contributed by atoms with Gasteiger partial charge in [0.05, 0.1) is 36.4 Å². The van der Waals surface area contributed by atoms with Crippen LogP contribution >= 0.6 is 0 Å². The van der Waals surface area contributed by atoms with E-state index in [4.69, 9.17) is 9.47 Å². The summed E-state index contributed by atoms with van der Waals surface area (Å²) in [5.41, 5.74) is 2.15. The molecule has 5 nitrogen and oxygen atoms in total. The zero-order valence-electron chi connectivity index (χ0n) is 15.9. The highest BCUT2D eigenvalue weighted by Crippen LogP contribution is 2.40. The van der Waals surface area contributed by atoms with Gasteiger partial charge in [-0.3, -0.25) is 0 Å². The minimum absolute atomic E-state index is 0.428. The third-order valence-corrected chi connectivity index (χ3v) is 5.41. The summed E-state index contributed by atoms with van der Waals surface area (Å²) < 4.78 is 10.1. The number of H-pyrrole nitrogens is 1. The van der Waals surface area contributed by atoms with E-state index >= 15 is 0 Å². The number of ether oxygens (including phenoxy) is 2. The lowest BCUT2D eigenvalue weighted by Crippen LogP contribution is -2.03. The van der Waals surface area contributed by atoms with Crippen molar-refractivity contribution in [2.45, 2.75) is 0 Å². The van der Waals surface area contributed by atoms with Gasteiger partial charge in [0, 0.05) is 10.8 Å². The number of hydrogen-bond donors (Lipinski definition) is 1. The largest absolute Gasteiger partial charge is 0.465 e. The van der Waals surface area contributed by atoms with Crippen molar-refractivity contribution in [3.8, 4) is 0 Å². The molecule has 0 spiro atoms. The highest BCUT2D eigenvalue weighted by Gasteiger charge is 2.22. The lowest BCUT2D eigenvalue weighted by atomic mass is 9.96. The van der Waals surface area contributed by atoms with Crippen LogP contribution in [0.4, 0.5) is 0 Å². The minimum atomic E-state index is -0.434. The molecule has 29 heavy (non-hydrogen) atoms. The maximum atomic E-state index is 12.6. The number of benzene rings is 4. The molecule has 0 fully saturated rings. The maximum Gasteiger partial charge on any atom is 0.340 e. The first-order valence-electron chi connectivity index (χ1n) is 9.19. The van der Waals surface area contributed by atoms with Crippen molar-refractivity contribution in [1.82, 2.24) is 4.98 Å². The van der Waals surface area contributed by atoms with Gasteiger partial charge in [0.1, 0.15) is 0 Å². The van der Waals surface area contributed by atoms with Gasteiger partial charge >= 0.3 is 11.9 Å². The van der Waals surface area contributed by atoms with Crippen LogP contribution < -0.4 is 0 Å². The molecule has 5 rings (SSSR count). The lowest BCUT2D eigenvalue weighted by molar-refractivity contribution is 0.0594. The second-order valence-electron chi connectivity index (χ2n) is 6.90. The van der Waals surface area contributed by atoms with Crippen LogP contribution in [0.5, 0.6) is 0 Å². The molecule has 1 N–H and O–H groups in total. The van der Waals surface area contributed by atoms with Crippen molar-refractivity contribution in [2.75, 3.05) is 14.2 Å². The maximum absolute atomic E-state index is 12.6. The Morgan fingerprint density at radius 1 is 0.690 bits per heavy atom. The van der Waals surface area contributed by atoms with Crippen LogP contribution in [0, 0.1) is 0 Å². The molecule has 0 bridgehead atoms. The fourth-order valence-electron chi connectivity index (χ4n) is 4.14. The van der Waals surface area contributed by atoms with Crippen molar-refractivity contribution in [2.24, 2.45) is 0 Å². The van der Waals surface area contributed by atoms with Gasteiger partial charge in [0.25, 0.3) is 0 Å². The zero-order valence-corrected chi connectivity index (χ0v) is 15.9. The smallest absolute Gasteiger partial charge is 0.340 e. The van der Waals surface area contributed by atoms with Crippen LogP contribution in [-0.4, -0.2) is 31.1 Å². The number of rotatable bonds is 2. The fourth-order valence-corrected chi connectivity index (χ4v) is 4.14. The molecule has 0 saturated heterocycles. The predicted octanol–water partition coefficient (Wildman–Crippen LogP) is 5.20. The van der Waals surface area contributed by atoms with Crippen molar-refractivity contribution in [3.05, 3.63) is 71.8 Å². The molecule has 1 aromatic heterocycles. The second-order valence-corrected chi connectivity index (χ2v) is 6.90. The van der Waals surface area contributed by atoms with Gasteiger partial charge in [0.15, 0.2) is 0 Å². The molecule has 0 aliphatic heterocycles. The molecule has 5 aromatic rings. The highest BCUT2D eigenvalue weighted by atomic mass is 16.5. The number of aromatic nitrogens is 1. The summed E-state index contributed by atoms with van der Waals surface area (Å²) >= 11 is 0.